The van der Waals surface area contributed by atoms with Gasteiger partial charge in [-0.05, 0) is 63.6 Å². The molecule has 10 heteroatoms. The van der Waals surface area contributed by atoms with E-state index in [4.69, 9.17) is 14.8 Å². The predicted molar refractivity (Wildman–Crippen MR) is 155 cm³/mol. The number of nitrogens with zero attached hydrogens (tertiary/aromatic N) is 7. The Morgan fingerprint density at radius 1 is 0.976 bits per heavy atom. The first kappa shape index (κ1) is 27.9. The van der Waals surface area contributed by atoms with Crippen LogP contribution in [-0.2, 0) is 17.7 Å². The third-order valence-electron chi connectivity index (χ3n) is 6.76. The van der Waals surface area contributed by atoms with Crippen molar-refractivity contribution in [1.29, 1.82) is 0 Å². The molecule has 41 heavy (non-hydrogen) atoms. The molecule has 4 aromatic rings. The van der Waals surface area contributed by atoms with Gasteiger partial charge in [0, 0.05) is 80.6 Å². The lowest BCUT2D eigenvalue weighted by Crippen LogP contribution is -2.51. The summed E-state index contributed by atoms with van der Waals surface area (Å²) < 4.78 is 7.36. The summed E-state index contributed by atoms with van der Waals surface area (Å²) in [5.41, 5.74) is 4.44. The van der Waals surface area contributed by atoms with Gasteiger partial charge in [-0.15, -0.1) is 0 Å². The van der Waals surface area contributed by atoms with Crippen LogP contribution in [-0.4, -0.2) is 78.3 Å². The van der Waals surface area contributed by atoms with Crippen molar-refractivity contribution in [2.75, 3.05) is 26.2 Å². The smallest absolute Gasteiger partial charge is 0.410 e. The quantitative estimate of drug-likeness (QED) is 0.341. The maximum Gasteiger partial charge on any atom is 0.410 e. The van der Waals surface area contributed by atoms with Gasteiger partial charge in [-0.2, -0.15) is 5.10 Å². The van der Waals surface area contributed by atoms with E-state index in [2.05, 4.69) is 9.97 Å². The number of carbonyl (C=O) groups is 2. The summed E-state index contributed by atoms with van der Waals surface area (Å²) in [4.78, 5) is 42.7. The van der Waals surface area contributed by atoms with Gasteiger partial charge in [0.25, 0.3) is 5.91 Å². The first-order valence-corrected chi connectivity index (χ1v) is 13.9. The number of pyridine rings is 1. The summed E-state index contributed by atoms with van der Waals surface area (Å²) in [6.07, 6.45) is 7.43. The summed E-state index contributed by atoms with van der Waals surface area (Å²) in [6.45, 7) is 10.1. The van der Waals surface area contributed by atoms with Crippen LogP contribution in [0.25, 0.3) is 22.5 Å². The molecule has 1 aromatic carbocycles. The molecule has 212 valence electrons. The van der Waals surface area contributed by atoms with Crippen molar-refractivity contribution in [2.24, 2.45) is 0 Å². The van der Waals surface area contributed by atoms with E-state index in [0.717, 1.165) is 34.6 Å². The fourth-order valence-corrected chi connectivity index (χ4v) is 4.72. The highest BCUT2D eigenvalue weighted by molar-refractivity contribution is 5.94. The van der Waals surface area contributed by atoms with Gasteiger partial charge < -0.3 is 14.5 Å². The maximum atomic E-state index is 13.3. The summed E-state index contributed by atoms with van der Waals surface area (Å²) in [5.74, 6) is 0.595. The number of benzene rings is 1. The van der Waals surface area contributed by atoms with Gasteiger partial charge in [-0.25, -0.2) is 14.8 Å². The molecule has 1 fully saturated rings. The van der Waals surface area contributed by atoms with E-state index < -0.39 is 5.60 Å². The van der Waals surface area contributed by atoms with Gasteiger partial charge in [-0.3, -0.25) is 14.5 Å². The molecule has 5 rings (SSSR count). The number of aromatic nitrogens is 5. The van der Waals surface area contributed by atoms with Crippen LogP contribution in [0.15, 0.2) is 67.3 Å². The normalized spacial score (nSPS) is 13.8. The summed E-state index contributed by atoms with van der Waals surface area (Å²) >= 11 is 0. The zero-order valence-corrected chi connectivity index (χ0v) is 23.9. The Hall–Kier alpha value is -4.60. The van der Waals surface area contributed by atoms with Crippen LogP contribution in [0.3, 0.4) is 0 Å². The minimum atomic E-state index is -0.549. The summed E-state index contributed by atoms with van der Waals surface area (Å²) in [6, 6.07) is 13.3. The number of amides is 2. The lowest BCUT2D eigenvalue weighted by atomic mass is 10.1. The van der Waals surface area contributed by atoms with Crippen LogP contribution in [0.2, 0.25) is 0 Å². The van der Waals surface area contributed by atoms with E-state index in [1.54, 1.807) is 28.4 Å². The molecule has 4 heterocycles. The van der Waals surface area contributed by atoms with Gasteiger partial charge in [0.05, 0.1) is 5.69 Å². The molecular formula is C31H35N7O3. The van der Waals surface area contributed by atoms with Crippen LogP contribution in [0.1, 0.15) is 49.4 Å². The van der Waals surface area contributed by atoms with E-state index in [1.807, 2.05) is 81.0 Å². The molecule has 0 bridgehead atoms. The van der Waals surface area contributed by atoms with Crippen molar-refractivity contribution in [1.82, 2.24) is 34.5 Å². The van der Waals surface area contributed by atoms with Crippen LogP contribution < -0.4 is 0 Å². The van der Waals surface area contributed by atoms with Crippen molar-refractivity contribution in [3.05, 3.63) is 84.2 Å². The van der Waals surface area contributed by atoms with Gasteiger partial charge >= 0.3 is 6.09 Å². The minimum Gasteiger partial charge on any atom is -0.444 e. The highest BCUT2D eigenvalue weighted by atomic mass is 16.6. The van der Waals surface area contributed by atoms with Crippen molar-refractivity contribution >= 4 is 12.0 Å². The average molecular weight is 554 g/mol. The number of rotatable bonds is 6. The maximum absolute atomic E-state index is 13.3. The van der Waals surface area contributed by atoms with Gasteiger partial charge in [0.2, 0.25) is 0 Å². The minimum absolute atomic E-state index is 0.0570. The van der Waals surface area contributed by atoms with Crippen LogP contribution in [0.5, 0.6) is 0 Å². The number of piperazine rings is 1. The molecule has 0 N–H and O–H groups in total. The second-order valence-electron chi connectivity index (χ2n) is 11.0. The second-order valence-corrected chi connectivity index (χ2v) is 11.0. The van der Waals surface area contributed by atoms with Gasteiger partial charge in [0.1, 0.15) is 17.1 Å². The first-order chi connectivity index (χ1) is 19.7. The third-order valence-corrected chi connectivity index (χ3v) is 6.76. The molecule has 3 aromatic heterocycles. The molecule has 0 radical (unpaired) electrons. The molecular weight excluding hydrogens is 518 g/mol. The van der Waals surface area contributed by atoms with E-state index >= 15 is 0 Å². The zero-order valence-electron chi connectivity index (χ0n) is 23.9. The van der Waals surface area contributed by atoms with Crippen molar-refractivity contribution in [2.45, 2.75) is 46.3 Å². The predicted octanol–water partition coefficient (Wildman–Crippen LogP) is 4.71. The van der Waals surface area contributed by atoms with Crippen molar-refractivity contribution in [3.8, 4) is 22.5 Å². The highest BCUT2D eigenvalue weighted by Crippen LogP contribution is 2.29. The fraction of sp³-hybridized carbons (Fsp3) is 0.355. The summed E-state index contributed by atoms with van der Waals surface area (Å²) in [7, 11) is 0. The fourth-order valence-electron chi connectivity index (χ4n) is 4.72. The van der Waals surface area contributed by atoms with Crippen LogP contribution in [0.4, 0.5) is 4.79 Å². The Morgan fingerprint density at radius 3 is 2.46 bits per heavy atom. The van der Waals surface area contributed by atoms with Crippen molar-refractivity contribution < 1.29 is 14.3 Å². The van der Waals surface area contributed by atoms with E-state index in [9.17, 15) is 9.59 Å². The van der Waals surface area contributed by atoms with Crippen LogP contribution >= 0.6 is 0 Å². The van der Waals surface area contributed by atoms with E-state index in [-0.39, 0.29) is 12.0 Å². The Kier molecular flexibility index (Phi) is 8.09. The first-order valence-electron chi connectivity index (χ1n) is 13.9. The molecule has 0 aliphatic carbocycles. The number of hydrogen-bond donors (Lipinski definition) is 0. The average Bonchev–Trinajstić information content (AvgIpc) is 3.42. The Bertz CT molecular complexity index is 1520. The molecule has 1 aliphatic heterocycles. The molecule has 0 unspecified atom stereocenters. The zero-order chi connectivity index (χ0) is 29.0. The Morgan fingerprint density at radius 2 is 1.76 bits per heavy atom. The number of hydrogen-bond acceptors (Lipinski definition) is 7. The molecule has 0 spiro atoms. The van der Waals surface area contributed by atoms with Gasteiger partial charge in [-0.1, -0.05) is 12.1 Å². The third kappa shape index (κ3) is 6.77. The summed E-state index contributed by atoms with van der Waals surface area (Å²) in [5, 5.41) is 4.74. The number of ether oxygens (including phenoxy) is 1. The van der Waals surface area contributed by atoms with Gasteiger partial charge in [0.15, 0.2) is 0 Å². The molecule has 10 nitrogen and oxygen atoms in total. The SMILES string of the molecule is CCn1cc(-c2ccnc(Cc3cccc(C(=O)N4CCN(C(=O)OC(C)(C)C)CC4)c3)n2)c(-c2cccnc2)n1. The lowest BCUT2D eigenvalue weighted by Gasteiger charge is -2.35. The highest BCUT2D eigenvalue weighted by Gasteiger charge is 2.28. The van der Waals surface area contributed by atoms with E-state index in [1.165, 1.54) is 0 Å². The lowest BCUT2D eigenvalue weighted by molar-refractivity contribution is 0.0141. The molecule has 2 amide bonds. The Labute approximate surface area is 240 Å². The second kappa shape index (κ2) is 11.9. The monoisotopic (exact) mass is 553 g/mol. The van der Waals surface area contributed by atoms with Crippen molar-refractivity contribution in [3.63, 3.8) is 0 Å². The molecule has 1 saturated heterocycles. The largest absolute Gasteiger partial charge is 0.444 e. The Balaban J connectivity index is 1.29. The number of carbonyl (C=O) groups excluding carboxylic acids is 2. The molecule has 1 aliphatic rings. The number of aryl methyl sites for hydroxylation is 1. The topological polar surface area (TPSA) is 106 Å². The van der Waals surface area contributed by atoms with E-state index in [0.29, 0.717) is 44.0 Å². The molecule has 0 saturated carbocycles. The standard InChI is InChI=1S/C31H35N7O3/c1-5-38-21-25(28(35-38)24-10-7-12-32-20-24)26-11-13-33-27(34-26)19-22-8-6-9-23(18-22)29(39)36-14-16-37(17-15-36)30(40)41-31(2,3)4/h6-13,18,20-21H,5,14-17,19H2,1-4H3. The van der Waals surface area contributed by atoms with Crippen LogP contribution in [0, 0.1) is 0 Å². The molecule has 0 atom stereocenters.